The van der Waals surface area contributed by atoms with Crippen molar-refractivity contribution in [1.29, 1.82) is 0 Å². The van der Waals surface area contributed by atoms with Crippen molar-refractivity contribution in [3.63, 3.8) is 0 Å². The third-order valence-corrected chi connectivity index (χ3v) is 8.97. The van der Waals surface area contributed by atoms with E-state index in [1.807, 2.05) is 74.4 Å². The standard InChI is InChI=1S/C42H67Cl2N7O6/c1-39(2,3)29-50-20-19-48(26-34(52)55-40(4,5)6)17-18-49(27-35(53)56-41(7,8)9)21-22-51(28-36(54)57-42(10,11)12)32(25-50)23-30-13-15-31(16-14-30)24-33-45-37(43)47-38(44)46-33/h13-16,32H,17-29H2,1-12H3. The van der Waals surface area contributed by atoms with Crippen LogP contribution in [0.5, 0.6) is 0 Å². The number of hydrogen-bond donors (Lipinski definition) is 0. The molecule has 3 rings (SSSR count). The third-order valence-electron chi connectivity index (χ3n) is 8.63. The zero-order chi connectivity index (χ0) is 42.8. The van der Waals surface area contributed by atoms with E-state index in [0.717, 1.165) is 17.7 Å². The van der Waals surface area contributed by atoms with Gasteiger partial charge in [0.25, 0.3) is 0 Å². The normalized spacial score (nSPS) is 18.0. The molecule has 2 heterocycles. The maximum atomic E-state index is 13.6. The van der Waals surface area contributed by atoms with Crippen LogP contribution in [0.4, 0.5) is 0 Å². The van der Waals surface area contributed by atoms with E-state index in [1.54, 1.807) is 0 Å². The molecule has 57 heavy (non-hydrogen) atoms. The molecule has 0 bridgehead atoms. The molecular formula is C42H67Cl2N7O6. The van der Waals surface area contributed by atoms with Crippen LogP contribution in [0.3, 0.4) is 0 Å². The minimum atomic E-state index is -0.652. The molecule has 2 aromatic rings. The second-order valence-electron chi connectivity index (χ2n) is 19.2. The van der Waals surface area contributed by atoms with Gasteiger partial charge in [0.15, 0.2) is 0 Å². The summed E-state index contributed by atoms with van der Waals surface area (Å²) in [5.74, 6) is -0.455. The number of aromatic nitrogens is 3. The van der Waals surface area contributed by atoms with Gasteiger partial charge >= 0.3 is 17.9 Å². The fraction of sp³-hybridized carbons (Fsp3) is 0.714. The predicted molar refractivity (Wildman–Crippen MR) is 224 cm³/mol. The first-order valence-electron chi connectivity index (χ1n) is 19.9. The van der Waals surface area contributed by atoms with Gasteiger partial charge in [0.05, 0.1) is 19.6 Å². The Morgan fingerprint density at radius 3 is 1.44 bits per heavy atom. The number of nitrogens with zero attached hydrogens (tertiary/aromatic N) is 7. The average molecular weight is 837 g/mol. The molecular weight excluding hydrogens is 769 g/mol. The minimum absolute atomic E-state index is 0.0275. The Morgan fingerprint density at radius 1 is 0.596 bits per heavy atom. The quantitative estimate of drug-likeness (QED) is 0.195. The smallest absolute Gasteiger partial charge is 0.320 e. The van der Waals surface area contributed by atoms with Crippen LogP contribution < -0.4 is 0 Å². The number of carbonyl (C=O) groups excluding carboxylic acids is 3. The molecule has 1 aliphatic heterocycles. The summed E-state index contributed by atoms with van der Waals surface area (Å²) in [7, 11) is 0. The molecule has 15 heteroatoms. The summed E-state index contributed by atoms with van der Waals surface area (Å²) in [6.45, 7) is 28.4. The van der Waals surface area contributed by atoms with Crippen LogP contribution in [0.25, 0.3) is 0 Å². The SMILES string of the molecule is CC(C)(C)CN1CCN(CC(=O)OC(C)(C)C)CCN(CC(=O)OC(C)(C)C)CCN(CC(=O)OC(C)(C)C)C(Cc2ccc(Cc3nc(Cl)nc(Cl)n3)cc2)C1. The zero-order valence-electron chi connectivity index (χ0n) is 36.4. The monoisotopic (exact) mass is 835 g/mol. The van der Waals surface area contributed by atoms with Gasteiger partial charge in [-0.2, -0.15) is 4.98 Å². The largest absolute Gasteiger partial charge is 0.459 e. The lowest BCUT2D eigenvalue weighted by Crippen LogP contribution is -2.54. The fourth-order valence-electron chi connectivity index (χ4n) is 6.62. The first kappa shape index (κ1) is 48.4. The number of halogens is 2. The summed E-state index contributed by atoms with van der Waals surface area (Å²) in [5, 5.41) is 0.0956. The maximum absolute atomic E-state index is 13.6. The van der Waals surface area contributed by atoms with Gasteiger partial charge in [-0.1, -0.05) is 45.0 Å². The van der Waals surface area contributed by atoms with Crippen molar-refractivity contribution < 1.29 is 28.6 Å². The Morgan fingerprint density at radius 2 is 1.00 bits per heavy atom. The molecule has 1 aromatic carbocycles. The summed E-state index contributed by atoms with van der Waals surface area (Å²) in [6, 6.07) is 8.14. The molecule has 0 N–H and O–H groups in total. The van der Waals surface area contributed by atoms with Gasteiger partial charge in [-0.25, -0.2) is 9.97 Å². The zero-order valence-corrected chi connectivity index (χ0v) is 37.9. The number of rotatable bonds is 11. The Balaban J connectivity index is 2.03. The van der Waals surface area contributed by atoms with Gasteiger partial charge in [0.2, 0.25) is 10.6 Å². The van der Waals surface area contributed by atoms with Crippen LogP contribution >= 0.6 is 23.2 Å². The van der Waals surface area contributed by atoms with Gasteiger partial charge in [-0.05, 0) is 108 Å². The van der Waals surface area contributed by atoms with E-state index in [2.05, 4.69) is 67.5 Å². The lowest BCUT2D eigenvalue weighted by Gasteiger charge is -2.40. The van der Waals surface area contributed by atoms with Crippen LogP contribution in [0.2, 0.25) is 10.6 Å². The topological polar surface area (TPSA) is 131 Å². The van der Waals surface area contributed by atoms with Crippen molar-refractivity contribution in [1.82, 2.24) is 34.6 Å². The van der Waals surface area contributed by atoms with E-state index in [-0.39, 0.29) is 59.6 Å². The number of benzene rings is 1. The first-order valence-corrected chi connectivity index (χ1v) is 20.7. The van der Waals surface area contributed by atoms with Gasteiger partial charge < -0.3 is 14.2 Å². The lowest BCUT2D eigenvalue weighted by molar-refractivity contribution is -0.159. The molecule has 1 fully saturated rings. The number of hydrogen-bond acceptors (Lipinski definition) is 13. The van der Waals surface area contributed by atoms with Gasteiger partial charge in [0.1, 0.15) is 22.6 Å². The summed E-state index contributed by atoms with van der Waals surface area (Å²) in [6.07, 6.45) is 1.07. The molecule has 1 aliphatic rings. The number of ether oxygens (including phenoxy) is 3. The van der Waals surface area contributed by atoms with Crippen molar-refractivity contribution in [2.75, 3.05) is 72.0 Å². The molecule has 0 saturated carbocycles. The summed E-state index contributed by atoms with van der Waals surface area (Å²) < 4.78 is 17.3. The molecule has 320 valence electrons. The van der Waals surface area contributed by atoms with Crippen molar-refractivity contribution in [3.8, 4) is 0 Å². The van der Waals surface area contributed by atoms with Crippen LogP contribution in [-0.2, 0) is 41.4 Å². The molecule has 1 aromatic heterocycles. The lowest BCUT2D eigenvalue weighted by atomic mass is 9.95. The summed E-state index contributed by atoms with van der Waals surface area (Å²) >= 11 is 12.1. The van der Waals surface area contributed by atoms with Gasteiger partial charge in [-0.3, -0.25) is 34.0 Å². The summed E-state index contributed by atoms with van der Waals surface area (Å²) in [4.78, 5) is 61.0. The molecule has 0 aliphatic carbocycles. The van der Waals surface area contributed by atoms with Crippen molar-refractivity contribution >= 4 is 41.1 Å². The Bertz CT molecular complexity index is 1600. The molecule has 1 atom stereocenters. The van der Waals surface area contributed by atoms with Crippen LogP contribution in [0.15, 0.2) is 24.3 Å². The predicted octanol–water partition coefficient (Wildman–Crippen LogP) is 5.97. The van der Waals surface area contributed by atoms with Crippen molar-refractivity contribution in [3.05, 3.63) is 51.8 Å². The van der Waals surface area contributed by atoms with E-state index in [1.165, 1.54) is 0 Å². The van der Waals surface area contributed by atoms with E-state index in [0.29, 0.717) is 64.5 Å². The van der Waals surface area contributed by atoms with Gasteiger partial charge in [-0.15, -0.1) is 0 Å². The van der Waals surface area contributed by atoms with Crippen LogP contribution in [-0.4, -0.2) is 147 Å². The minimum Gasteiger partial charge on any atom is -0.459 e. The molecule has 0 spiro atoms. The third kappa shape index (κ3) is 20.5. The maximum Gasteiger partial charge on any atom is 0.320 e. The van der Waals surface area contributed by atoms with Crippen molar-refractivity contribution in [2.45, 2.75) is 119 Å². The second kappa shape index (κ2) is 20.8. The Hall–Kier alpha value is -2.94. The van der Waals surface area contributed by atoms with E-state index in [4.69, 9.17) is 37.4 Å². The van der Waals surface area contributed by atoms with E-state index in [9.17, 15) is 14.4 Å². The first-order chi connectivity index (χ1) is 26.2. The second-order valence-corrected chi connectivity index (χ2v) is 19.9. The fourth-order valence-corrected chi connectivity index (χ4v) is 7.02. The van der Waals surface area contributed by atoms with Gasteiger partial charge in [0, 0.05) is 64.8 Å². The highest BCUT2D eigenvalue weighted by Gasteiger charge is 2.31. The Kier molecular flexibility index (Phi) is 17.7. The highest BCUT2D eigenvalue weighted by atomic mass is 35.5. The highest BCUT2D eigenvalue weighted by molar-refractivity contribution is 6.31. The number of esters is 3. The number of carbonyl (C=O) groups is 3. The van der Waals surface area contributed by atoms with E-state index < -0.39 is 16.8 Å². The molecule has 0 amide bonds. The molecule has 0 radical (unpaired) electrons. The molecule has 1 unspecified atom stereocenters. The Labute approximate surface area is 351 Å². The van der Waals surface area contributed by atoms with E-state index >= 15 is 0 Å². The average Bonchev–Trinajstić information content (AvgIpc) is 3.00. The highest BCUT2D eigenvalue weighted by Crippen LogP contribution is 2.21. The van der Waals surface area contributed by atoms with Crippen LogP contribution in [0, 0.1) is 5.41 Å². The van der Waals surface area contributed by atoms with Crippen LogP contribution in [0.1, 0.15) is 100 Å². The summed E-state index contributed by atoms with van der Waals surface area (Å²) in [5.41, 5.74) is 0.142. The molecule has 1 saturated heterocycles. The van der Waals surface area contributed by atoms with Crippen molar-refractivity contribution in [2.24, 2.45) is 5.41 Å². The molecule has 13 nitrogen and oxygen atoms in total.